The van der Waals surface area contributed by atoms with Gasteiger partial charge in [-0.2, -0.15) is 0 Å². The SMILES string of the molecule is O=C(/C=C/c1ccco1)N1CCCC(c2nc3ccccc3o2)C1. The summed E-state index contributed by atoms with van der Waals surface area (Å²) in [6, 6.07) is 11.4. The molecule has 0 spiro atoms. The quantitative estimate of drug-likeness (QED) is 0.687. The van der Waals surface area contributed by atoms with Gasteiger partial charge in [0.05, 0.1) is 12.2 Å². The number of hydrogen-bond acceptors (Lipinski definition) is 4. The van der Waals surface area contributed by atoms with Crippen LogP contribution in [0.3, 0.4) is 0 Å². The van der Waals surface area contributed by atoms with Gasteiger partial charge >= 0.3 is 0 Å². The summed E-state index contributed by atoms with van der Waals surface area (Å²) in [5.41, 5.74) is 1.67. The fourth-order valence-corrected chi connectivity index (χ4v) is 3.09. The van der Waals surface area contributed by atoms with E-state index in [-0.39, 0.29) is 11.8 Å². The molecule has 2 aromatic heterocycles. The minimum atomic E-state index is -0.00721. The third-order valence-electron chi connectivity index (χ3n) is 4.33. The standard InChI is InChI=1S/C19H18N2O3/c22-18(10-9-15-6-4-12-23-15)21-11-3-5-14(13-21)19-20-16-7-1-2-8-17(16)24-19/h1-2,4,6-10,12,14H,3,5,11,13H2/b10-9+. The van der Waals surface area contributed by atoms with Gasteiger partial charge in [-0.25, -0.2) is 4.98 Å². The van der Waals surface area contributed by atoms with Crippen LogP contribution >= 0.6 is 0 Å². The number of nitrogens with zero attached hydrogens (tertiary/aromatic N) is 2. The summed E-state index contributed by atoms with van der Waals surface area (Å²) < 4.78 is 11.1. The van der Waals surface area contributed by atoms with Crippen LogP contribution < -0.4 is 0 Å². The second kappa shape index (κ2) is 6.35. The van der Waals surface area contributed by atoms with E-state index in [0.717, 1.165) is 36.4 Å². The van der Waals surface area contributed by atoms with E-state index in [1.807, 2.05) is 35.2 Å². The molecule has 4 rings (SSSR count). The molecular formula is C19H18N2O3. The fourth-order valence-electron chi connectivity index (χ4n) is 3.09. The first kappa shape index (κ1) is 14.8. The van der Waals surface area contributed by atoms with E-state index in [9.17, 15) is 4.79 Å². The lowest BCUT2D eigenvalue weighted by Gasteiger charge is -2.30. The van der Waals surface area contributed by atoms with E-state index >= 15 is 0 Å². The number of carbonyl (C=O) groups excluding carboxylic acids is 1. The first-order valence-corrected chi connectivity index (χ1v) is 8.15. The Bertz CT molecular complexity index is 831. The van der Waals surface area contributed by atoms with Crippen molar-refractivity contribution < 1.29 is 13.6 Å². The second-order valence-corrected chi connectivity index (χ2v) is 5.99. The molecule has 1 amide bonds. The van der Waals surface area contributed by atoms with Crippen molar-refractivity contribution >= 4 is 23.1 Å². The molecule has 1 saturated heterocycles. The molecule has 1 aliphatic rings. The third kappa shape index (κ3) is 2.97. The van der Waals surface area contributed by atoms with Crippen molar-refractivity contribution in [1.29, 1.82) is 0 Å². The van der Waals surface area contributed by atoms with Crippen molar-refractivity contribution in [3.8, 4) is 0 Å². The Balaban J connectivity index is 1.48. The molecule has 5 heteroatoms. The average Bonchev–Trinajstić information content (AvgIpc) is 3.29. The van der Waals surface area contributed by atoms with Crippen LogP contribution in [0, 0.1) is 0 Å². The molecule has 0 N–H and O–H groups in total. The third-order valence-corrected chi connectivity index (χ3v) is 4.33. The normalized spacial score (nSPS) is 18.5. The van der Waals surface area contributed by atoms with E-state index in [1.54, 1.807) is 24.5 Å². The molecule has 1 aromatic carbocycles. The molecular weight excluding hydrogens is 304 g/mol. The highest BCUT2D eigenvalue weighted by molar-refractivity contribution is 5.91. The highest BCUT2D eigenvalue weighted by atomic mass is 16.3. The van der Waals surface area contributed by atoms with E-state index in [1.165, 1.54) is 0 Å². The van der Waals surface area contributed by atoms with Crippen LogP contribution in [0.5, 0.6) is 0 Å². The van der Waals surface area contributed by atoms with E-state index in [0.29, 0.717) is 12.3 Å². The minimum absolute atomic E-state index is 0.00721. The van der Waals surface area contributed by atoms with Crippen LogP contribution in [0.25, 0.3) is 17.2 Å². The number of rotatable bonds is 3. The average molecular weight is 322 g/mol. The maximum atomic E-state index is 12.4. The largest absolute Gasteiger partial charge is 0.465 e. The summed E-state index contributed by atoms with van der Waals surface area (Å²) in [6.07, 6.45) is 6.79. The number of furan rings is 1. The van der Waals surface area contributed by atoms with Crippen molar-refractivity contribution in [3.05, 3.63) is 60.4 Å². The number of piperidine rings is 1. The Morgan fingerprint density at radius 3 is 3.00 bits per heavy atom. The monoisotopic (exact) mass is 322 g/mol. The maximum Gasteiger partial charge on any atom is 0.246 e. The molecule has 0 bridgehead atoms. The van der Waals surface area contributed by atoms with Gasteiger partial charge in [-0.3, -0.25) is 4.79 Å². The zero-order chi connectivity index (χ0) is 16.4. The summed E-state index contributed by atoms with van der Waals surface area (Å²) in [7, 11) is 0. The fraction of sp³-hybridized carbons (Fsp3) is 0.263. The Morgan fingerprint density at radius 1 is 1.25 bits per heavy atom. The van der Waals surface area contributed by atoms with Crippen LogP contribution in [-0.4, -0.2) is 28.9 Å². The molecule has 3 heterocycles. The van der Waals surface area contributed by atoms with Crippen LogP contribution in [-0.2, 0) is 4.79 Å². The predicted octanol–water partition coefficient (Wildman–Crippen LogP) is 3.84. The van der Waals surface area contributed by atoms with Gasteiger partial charge in [0.2, 0.25) is 5.91 Å². The lowest BCUT2D eigenvalue weighted by Crippen LogP contribution is -2.38. The van der Waals surface area contributed by atoms with E-state index < -0.39 is 0 Å². The molecule has 0 aliphatic carbocycles. The second-order valence-electron chi connectivity index (χ2n) is 5.99. The topological polar surface area (TPSA) is 59.5 Å². The number of amides is 1. The smallest absolute Gasteiger partial charge is 0.246 e. The zero-order valence-electron chi connectivity index (χ0n) is 13.2. The van der Waals surface area contributed by atoms with Gasteiger partial charge in [0.15, 0.2) is 11.5 Å². The van der Waals surface area contributed by atoms with Crippen LogP contribution in [0.1, 0.15) is 30.4 Å². The lowest BCUT2D eigenvalue weighted by atomic mass is 9.98. The van der Waals surface area contributed by atoms with E-state index in [4.69, 9.17) is 8.83 Å². The number of hydrogen-bond donors (Lipinski definition) is 0. The number of carbonyl (C=O) groups is 1. The van der Waals surface area contributed by atoms with Gasteiger partial charge in [0.25, 0.3) is 0 Å². The molecule has 0 saturated carbocycles. The van der Waals surface area contributed by atoms with Crippen molar-refractivity contribution in [2.24, 2.45) is 0 Å². The Hall–Kier alpha value is -2.82. The Kier molecular flexibility index (Phi) is 3.91. The lowest BCUT2D eigenvalue weighted by molar-refractivity contribution is -0.127. The maximum absolute atomic E-state index is 12.4. The van der Waals surface area contributed by atoms with Crippen molar-refractivity contribution in [3.63, 3.8) is 0 Å². The zero-order valence-corrected chi connectivity index (χ0v) is 13.2. The molecule has 1 aliphatic heterocycles. The first-order chi connectivity index (χ1) is 11.8. The molecule has 1 fully saturated rings. The summed E-state index contributed by atoms with van der Waals surface area (Å²) >= 11 is 0. The van der Waals surface area contributed by atoms with Crippen LogP contribution in [0.2, 0.25) is 0 Å². The van der Waals surface area contributed by atoms with Crippen molar-refractivity contribution in [1.82, 2.24) is 9.88 Å². The number of likely N-dealkylation sites (tertiary alicyclic amines) is 1. The molecule has 24 heavy (non-hydrogen) atoms. The molecule has 3 aromatic rings. The summed E-state index contributed by atoms with van der Waals surface area (Å²) in [5.74, 6) is 1.54. The van der Waals surface area contributed by atoms with Crippen LogP contribution in [0.15, 0.2) is 57.6 Å². The van der Waals surface area contributed by atoms with E-state index in [2.05, 4.69) is 4.98 Å². The molecule has 1 unspecified atom stereocenters. The summed E-state index contributed by atoms with van der Waals surface area (Å²) in [6.45, 7) is 1.40. The Morgan fingerprint density at radius 2 is 2.17 bits per heavy atom. The summed E-state index contributed by atoms with van der Waals surface area (Å²) in [4.78, 5) is 18.8. The number of fused-ring (bicyclic) bond motifs is 1. The molecule has 0 radical (unpaired) electrons. The van der Waals surface area contributed by atoms with Gasteiger partial charge in [0.1, 0.15) is 11.3 Å². The number of oxazole rings is 1. The number of para-hydroxylation sites is 2. The number of aromatic nitrogens is 1. The first-order valence-electron chi connectivity index (χ1n) is 8.15. The van der Waals surface area contributed by atoms with Gasteiger partial charge in [-0.1, -0.05) is 12.1 Å². The van der Waals surface area contributed by atoms with Crippen LogP contribution in [0.4, 0.5) is 0 Å². The summed E-state index contributed by atoms with van der Waals surface area (Å²) in [5, 5.41) is 0. The number of benzene rings is 1. The predicted molar refractivity (Wildman–Crippen MR) is 90.3 cm³/mol. The van der Waals surface area contributed by atoms with Crippen molar-refractivity contribution in [2.75, 3.05) is 13.1 Å². The van der Waals surface area contributed by atoms with Gasteiger partial charge in [0, 0.05) is 19.2 Å². The van der Waals surface area contributed by atoms with Crippen molar-refractivity contribution in [2.45, 2.75) is 18.8 Å². The molecule has 5 nitrogen and oxygen atoms in total. The van der Waals surface area contributed by atoms with Gasteiger partial charge < -0.3 is 13.7 Å². The van der Waals surface area contributed by atoms with Gasteiger partial charge in [-0.15, -0.1) is 0 Å². The highest BCUT2D eigenvalue weighted by Crippen LogP contribution is 2.29. The van der Waals surface area contributed by atoms with Gasteiger partial charge in [-0.05, 0) is 43.2 Å². The molecule has 1 atom stereocenters. The molecule has 122 valence electrons. The minimum Gasteiger partial charge on any atom is -0.465 e. The Labute approximate surface area is 139 Å². The highest BCUT2D eigenvalue weighted by Gasteiger charge is 2.27.